The van der Waals surface area contributed by atoms with Crippen molar-refractivity contribution in [2.75, 3.05) is 6.61 Å². The zero-order valence-corrected chi connectivity index (χ0v) is 21.4. The second kappa shape index (κ2) is 9.82. The van der Waals surface area contributed by atoms with Crippen LogP contribution in [0, 0.1) is 5.92 Å². The largest absolute Gasteiger partial charge is 0.462 e. The first-order chi connectivity index (χ1) is 17.9. The molecule has 9 nitrogen and oxygen atoms in total. The number of benzene rings is 1. The number of halogens is 4. The molecule has 0 fully saturated rings. The lowest BCUT2D eigenvalue weighted by molar-refractivity contribution is -0.159. The standard InChI is InChI=1S/C25H24ClF3N4O5/c1-4-31-19-12-16(9-10-18(19)30(3)22(31)36)32-14-17(21(35)38-5-2)20(34)33(23(32)37)13-15-8-6-7-11-24(15,26)25(27,28)29/h6-12,14-15H,4-5,13H2,1-3H3. The van der Waals surface area contributed by atoms with Crippen LogP contribution >= 0.6 is 11.6 Å². The van der Waals surface area contributed by atoms with E-state index in [2.05, 4.69) is 0 Å². The summed E-state index contributed by atoms with van der Waals surface area (Å²) in [5, 5.41) is 0. The number of carbonyl (C=O) groups is 1. The predicted molar refractivity (Wildman–Crippen MR) is 135 cm³/mol. The van der Waals surface area contributed by atoms with Crippen LogP contribution in [0.2, 0.25) is 0 Å². The maximum absolute atomic E-state index is 13.9. The molecule has 13 heteroatoms. The van der Waals surface area contributed by atoms with Gasteiger partial charge in [0.25, 0.3) is 5.56 Å². The van der Waals surface area contributed by atoms with Crippen molar-refractivity contribution in [1.29, 1.82) is 0 Å². The quantitative estimate of drug-likeness (QED) is 0.346. The summed E-state index contributed by atoms with van der Waals surface area (Å²) >= 11 is 5.98. The Labute approximate surface area is 218 Å². The number of aromatic nitrogens is 4. The summed E-state index contributed by atoms with van der Waals surface area (Å²) in [6, 6.07) is 4.61. The Kier molecular flexibility index (Phi) is 7.04. The fraction of sp³-hybridized carbons (Fsp3) is 0.360. The van der Waals surface area contributed by atoms with Gasteiger partial charge in [0.1, 0.15) is 5.56 Å². The van der Waals surface area contributed by atoms with Crippen molar-refractivity contribution in [2.45, 2.75) is 38.0 Å². The highest BCUT2D eigenvalue weighted by molar-refractivity contribution is 6.26. The molecular formula is C25H24ClF3N4O5. The van der Waals surface area contributed by atoms with Crippen LogP contribution in [0.5, 0.6) is 0 Å². The maximum Gasteiger partial charge on any atom is 0.411 e. The first kappa shape index (κ1) is 27.2. The lowest BCUT2D eigenvalue weighted by Gasteiger charge is -2.34. The minimum atomic E-state index is -4.90. The van der Waals surface area contributed by atoms with E-state index < -0.39 is 46.3 Å². The third kappa shape index (κ3) is 4.32. The van der Waals surface area contributed by atoms with E-state index in [-0.39, 0.29) is 18.0 Å². The molecule has 2 unspecified atom stereocenters. The van der Waals surface area contributed by atoms with Gasteiger partial charge in [-0.3, -0.25) is 23.1 Å². The van der Waals surface area contributed by atoms with Gasteiger partial charge in [-0.25, -0.2) is 14.4 Å². The fourth-order valence-corrected chi connectivity index (χ4v) is 4.72. The van der Waals surface area contributed by atoms with Crippen LogP contribution in [0.4, 0.5) is 13.2 Å². The Bertz CT molecular complexity index is 1660. The SMILES string of the molecule is CCOC(=O)c1cn(-c2ccc3c(c2)n(CC)c(=O)n3C)c(=O)n(CC2C=CC=CC2(Cl)C(F)(F)F)c1=O. The third-order valence-corrected chi connectivity index (χ3v) is 7.16. The van der Waals surface area contributed by atoms with Crippen LogP contribution in [0.1, 0.15) is 24.2 Å². The number of rotatable bonds is 6. The normalized spacial score (nSPS) is 19.3. The zero-order valence-electron chi connectivity index (χ0n) is 20.7. The van der Waals surface area contributed by atoms with Gasteiger partial charge in [0, 0.05) is 32.3 Å². The molecule has 2 atom stereocenters. The second-order valence-corrected chi connectivity index (χ2v) is 9.33. The van der Waals surface area contributed by atoms with Crippen LogP contribution in [-0.2, 0) is 24.9 Å². The van der Waals surface area contributed by atoms with E-state index in [9.17, 15) is 32.3 Å². The van der Waals surface area contributed by atoms with Gasteiger partial charge >= 0.3 is 23.5 Å². The van der Waals surface area contributed by atoms with E-state index in [0.29, 0.717) is 22.1 Å². The summed E-state index contributed by atoms with van der Waals surface area (Å²) in [5.41, 5.74) is -1.70. The van der Waals surface area contributed by atoms with E-state index in [4.69, 9.17) is 16.3 Å². The molecule has 3 aromatic rings. The lowest BCUT2D eigenvalue weighted by atomic mass is 9.86. The lowest BCUT2D eigenvalue weighted by Crippen LogP contribution is -2.50. The summed E-state index contributed by atoms with van der Waals surface area (Å²) in [7, 11) is 1.59. The van der Waals surface area contributed by atoms with E-state index in [1.165, 1.54) is 34.3 Å². The molecule has 0 amide bonds. The smallest absolute Gasteiger partial charge is 0.411 e. The van der Waals surface area contributed by atoms with Gasteiger partial charge in [-0.15, -0.1) is 11.6 Å². The average molecular weight is 553 g/mol. The van der Waals surface area contributed by atoms with Gasteiger partial charge < -0.3 is 4.74 Å². The Morgan fingerprint density at radius 1 is 1.08 bits per heavy atom. The monoisotopic (exact) mass is 552 g/mol. The van der Waals surface area contributed by atoms with Gasteiger partial charge in [0.15, 0.2) is 4.87 Å². The van der Waals surface area contributed by atoms with Crippen molar-refractivity contribution in [3.63, 3.8) is 0 Å². The summed E-state index contributed by atoms with van der Waals surface area (Å²) in [6.07, 6.45) is 0.476. The number of ether oxygens (including phenoxy) is 1. The van der Waals surface area contributed by atoms with Crippen LogP contribution < -0.4 is 16.9 Å². The maximum atomic E-state index is 13.9. The number of alkyl halides is 4. The summed E-state index contributed by atoms with van der Waals surface area (Å²) in [5.74, 6) is -2.58. The van der Waals surface area contributed by atoms with Crippen LogP contribution in [-0.4, -0.2) is 41.9 Å². The van der Waals surface area contributed by atoms with Gasteiger partial charge in [0.2, 0.25) is 0 Å². The highest BCUT2D eigenvalue weighted by Gasteiger charge is 2.56. The molecule has 1 aliphatic carbocycles. The summed E-state index contributed by atoms with van der Waals surface area (Å²) in [4.78, 5) is 49.1. The van der Waals surface area contributed by atoms with Crippen LogP contribution in [0.25, 0.3) is 16.7 Å². The van der Waals surface area contributed by atoms with E-state index >= 15 is 0 Å². The summed E-state index contributed by atoms with van der Waals surface area (Å²) in [6.45, 7) is 2.78. The number of hydrogen-bond acceptors (Lipinski definition) is 5. The van der Waals surface area contributed by atoms with Gasteiger partial charge in [0.05, 0.1) is 23.3 Å². The Morgan fingerprint density at radius 2 is 1.79 bits per heavy atom. The van der Waals surface area contributed by atoms with Gasteiger partial charge in [-0.1, -0.05) is 24.3 Å². The third-order valence-electron chi connectivity index (χ3n) is 6.54. The number of hydrogen-bond donors (Lipinski definition) is 0. The number of fused-ring (bicyclic) bond motifs is 1. The topological polar surface area (TPSA) is 97.2 Å². The van der Waals surface area contributed by atoms with Gasteiger partial charge in [-0.2, -0.15) is 13.2 Å². The van der Waals surface area contributed by atoms with Crippen molar-refractivity contribution >= 4 is 28.6 Å². The highest BCUT2D eigenvalue weighted by atomic mass is 35.5. The van der Waals surface area contributed by atoms with Gasteiger partial charge in [-0.05, 0) is 32.0 Å². The second-order valence-electron chi connectivity index (χ2n) is 8.71. The molecule has 0 aliphatic heterocycles. The molecule has 4 rings (SSSR count). The highest BCUT2D eigenvalue weighted by Crippen LogP contribution is 2.45. The predicted octanol–water partition coefficient (Wildman–Crippen LogP) is 3.13. The first-order valence-corrected chi connectivity index (χ1v) is 12.1. The number of esters is 1. The van der Waals surface area contributed by atoms with E-state index in [0.717, 1.165) is 29.0 Å². The molecule has 2 aromatic heterocycles. The number of imidazole rings is 1. The van der Waals surface area contributed by atoms with E-state index in [1.807, 2.05) is 0 Å². The molecule has 2 heterocycles. The number of aryl methyl sites for hydroxylation is 2. The van der Waals surface area contributed by atoms with Crippen molar-refractivity contribution < 1.29 is 22.7 Å². The van der Waals surface area contributed by atoms with Crippen molar-refractivity contribution in [3.05, 3.63) is 85.6 Å². The number of nitrogens with zero attached hydrogens (tertiary/aromatic N) is 4. The molecule has 38 heavy (non-hydrogen) atoms. The molecule has 0 N–H and O–H groups in total. The van der Waals surface area contributed by atoms with Crippen molar-refractivity contribution in [1.82, 2.24) is 18.3 Å². The Morgan fingerprint density at radius 3 is 2.42 bits per heavy atom. The number of carbonyl (C=O) groups excluding carboxylic acids is 1. The molecular weight excluding hydrogens is 529 g/mol. The number of allylic oxidation sites excluding steroid dienone is 4. The average Bonchev–Trinajstić information content (AvgIpc) is 3.10. The molecule has 0 bridgehead atoms. The molecule has 0 saturated carbocycles. The Balaban J connectivity index is 1.96. The minimum Gasteiger partial charge on any atom is -0.462 e. The zero-order chi connectivity index (χ0) is 28.0. The van der Waals surface area contributed by atoms with Crippen LogP contribution in [0.15, 0.2) is 63.1 Å². The fourth-order valence-electron chi connectivity index (χ4n) is 4.50. The molecule has 0 spiro atoms. The van der Waals surface area contributed by atoms with E-state index in [1.54, 1.807) is 20.0 Å². The Hall–Kier alpha value is -3.80. The molecule has 1 aromatic carbocycles. The first-order valence-electron chi connectivity index (χ1n) is 11.7. The molecule has 0 radical (unpaired) electrons. The van der Waals surface area contributed by atoms with Crippen LogP contribution in [0.3, 0.4) is 0 Å². The molecule has 202 valence electrons. The van der Waals surface area contributed by atoms with Crippen molar-refractivity contribution in [2.24, 2.45) is 13.0 Å². The molecule has 0 saturated heterocycles. The van der Waals surface area contributed by atoms with Crippen molar-refractivity contribution in [3.8, 4) is 5.69 Å². The summed E-state index contributed by atoms with van der Waals surface area (Å²) < 4.78 is 51.1. The minimum absolute atomic E-state index is 0.0782. The molecule has 1 aliphatic rings.